The van der Waals surface area contributed by atoms with E-state index < -0.39 is 0 Å². The normalized spacial score (nSPS) is 12.1. The van der Waals surface area contributed by atoms with Gasteiger partial charge in [0.2, 0.25) is 5.95 Å². The first-order valence-electron chi connectivity index (χ1n) is 5.73. The second-order valence-corrected chi connectivity index (χ2v) is 4.57. The van der Waals surface area contributed by atoms with Crippen LogP contribution >= 0.6 is 11.6 Å². The van der Waals surface area contributed by atoms with Crippen LogP contribution in [0.1, 0.15) is 12.5 Å². The number of nitrogen functional groups attached to an aromatic ring is 1. The van der Waals surface area contributed by atoms with Crippen molar-refractivity contribution < 1.29 is 0 Å². The van der Waals surface area contributed by atoms with Crippen molar-refractivity contribution in [3.8, 4) is 0 Å². The summed E-state index contributed by atoms with van der Waals surface area (Å²) in [5.74, 6) is 0.793. The Hall–Kier alpha value is -1.81. The molecule has 0 spiro atoms. The average Bonchev–Trinajstić information content (AvgIpc) is 2.35. The van der Waals surface area contributed by atoms with Crippen LogP contribution < -0.4 is 11.1 Å². The molecule has 0 aliphatic rings. The van der Waals surface area contributed by atoms with Gasteiger partial charge in [0.25, 0.3) is 0 Å². The molecule has 1 atom stereocenters. The molecule has 1 aromatic carbocycles. The van der Waals surface area contributed by atoms with E-state index >= 15 is 0 Å². The lowest BCUT2D eigenvalue weighted by molar-refractivity contribution is 0.784. The molecule has 0 aliphatic carbocycles. The molecule has 2 aromatic rings. The molecule has 1 heterocycles. The zero-order chi connectivity index (χ0) is 13.0. The van der Waals surface area contributed by atoms with E-state index in [0.717, 1.165) is 6.42 Å². The first-order valence-corrected chi connectivity index (χ1v) is 6.11. The number of hydrogen-bond donors (Lipinski definition) is 2. The quantitative estimate of drug-likeness (QED) is 0.889. The number of hydrogen-bond acceptors (Lipinski definition) is 4. The fraction of sp³-hybridized carbons (Fsp3) is 0.231. The van der Waals surface area contributed by atoms with Gasteiger partial charge in [-0.1, -0.05) is 41.9 Å². The summed E-state index contributed by atoms with van der Waals surface area (Å²) in [6, 6.07) is 10.4. The maximum atomic E-state index is 6.00. The van der Waals surface area contributed by atoms with Gasteiger partial charge in [-0.2, -0.15) is 4.98 Å². The Balaban J connectivity index is 2.03. The molecule has 1 aromatic heterocycles. The predicted octanol–water partition coefficient (Wildman–Crippen LogP) is 2.76. The van der Waals surface area contributed by atoms with E-state index in [9.17, 15) is 0 Å². The Morgan fingerprint density at radius 1 is 1.33 bits per heavy atom. The van der Waals surface area contributed by atoms with Crippen LogP contribution in [0.25, 0.3) is 0 Å². The number of aromatic nitrogens is 2. The number of halogens is 1. The van der Waals surface area contributed by atoms with Crippen molar-refractivity contribution in [2.75, 3.05) is 11.1 Å². The molecule has 94 valence electrons. The fourth-order valence-corrected chi connectivity index (χ4v) is 1.88. The molecule has 0 bridgehead atoms. The second-order valence-electron chi connectivity index (χ2n) is 4.16. The van der Waals surface area contributed by atoms with Crippen LogP contribution in [0.2, 0.25) is 5.02 Å². The second kappa shape index (κ2) is 5.69. The topological polar surface area (TPSA) is 63.8 Å². The summed E-state index contributed by atoms with van der Waals surface area (Å²) in [5.41, 5.74) is 6.79. The van der Waals surface area contributed by atoms with Crippen molar-refractivity contribution in [2.45, 2.75) is 19.4 Å². The summed E-state index contributed by atoms with van der Waals surface area (Å²) < 4.78 is 0. The minimum absolute atomic E-state index is 0.208. The maximum absolute atomic E-state index is 6.00. The van der Waals surface area contributed by atoms with Crippen molar-refractivity contribution >= 4 is 23.4 Å². The molecule has 0 amide bonds. The summed E-state index contributed by atoms with van der Waals surface area (Å²) >= 11 is 6.00. The lowest BCUT2D eigenvalue weighted by Crippen LogP contribution is -2.19. The van der Waals surface area contributed by atoms with Crippen LogP contribution in [0.4, 0.5) is 11.8 Å². The molecule has 5 heteroatoms. The number of anilines is 2. The standard InChI is InChI=1S/C13H15ClN4/c1-9(7-10-5-3-2-4-6-10)17-12-11(14)8-16-13(15)18-12/h2-6,8-9H,7H2,1H3,(H3,15,16,17,18). The molecule has 3 N–H and O–H groups in total. The van der Waals surface area contributed by atoms with Gasteiger partial charge in [-0.3, -0.25) is 0 Å². The summed E-state index contributed by atoms with van der Waals surface area (Å²) in [7, 11) is 0. The van der Waals surface area contributed by atoms with E-state index in [4.69, 9.17) is 17.3 Å². The minimum Gasteiger partial charge on any atom is -0.368 e. The van der Waals surface area contributed by atoms with E-state index in [1.807, 2.05) is 18.2 Å². The van der Waals surface area contributed by atoms with Gasteiger partial charge in [0.05, 0.1) is 6.20 Å². The molecule has 0 aliphatic heterocycles. The van der Waals surface area contributed by atoms with Crippen molar-refractivity contribution in [3.63, 3.8) is 0 Å². The zero-order valence-electron chi connectivity index (χ0n) is 10.1. The Kier molecular flexibility index (Phi) is 3.99. The van der Waals surface area contributed by atoms with E-state index in [-0.39, 0.29) is 12.0 Å². The molecule has 18 heavy (non-hydrogen) atoms. The number of benzene rings is 1. The van der Waals surface area contributed by atoms with Gasteiger partial charge >= 0.3 is 0 Å². The van der Waals surface area contributed by atoms with Gasteiger partial charge in [0.1, 0.15) is 5.02 Å². The van der Waals surface area contributed by atoms with Gasteiger partial charge in [-0.05, 0) is 18.9 Å². The summed E-state index contributed by atoms with van der Waals surface area (Å²) in [6.45, 7) is 2.07. The van der Waals surface area contributed by atoms with E-state index in [0.29, 0.717) is 10.8 Å². The van der Waals surface area contributed by atoms with E-state index in [1.54, 1.807) is 0 Å². The Bertz CT molecular complexity index is 516. The Labute approximate surface area is 111 Å². The third-order valence-electron chi connectivity index (χ3n) is 2.53. The molecule has 1 unspecified atom stereocenters. The number of nitrogens with zero attached hydrogens (tertiary/aromatic N) is 2. The largest absolute Gasteiger partial charge is 0.368 e. The molecule has 0 saturated heterocycles. The van der Waals surface area contributed by atoms with Crippen molar-refractivity contribution in [1.29, 1.82) is 0 Å². The van der Waals surface area contributed by atoms with Crippen LogP contribution in [0, 0.1) is 0 Å². The van der Waals surface area contributed by atoms with Crippen LogP contribution in [0.5, 0.6) is 0 Å². The highest BCUT2D eigenvalue weighted by Crippen LogP contribution is 2.19. The molecule has 2 rings (SSSR count). The Morgan fingerprint density at radius 2 is 2.06 bits per heavy atom. The third kappa shape index (κ3) is 3.34. The Morgan fingerprint density at radius 3 is 2.78 bits per heavy atom. The SMILES string of the molecule is CC(Cc1ccccc1)Nc1nc(N)ncc1Cl. The maximum Gasteiger partial charge on any atom is 0.222 e. The molecule has 0 saturated carbocycles. The van der Waals surface area contributed by atoms with Crippen molar-refractivity contribution in [2.24, 2.45) is 0 Å². The first kappa shape index (κ1) is 12.6. The van der Waals surface area contributed by atoms with Gasteiger partial charge in [-0.25, -0.2) is 4.98 Å². The molecule has 0 radical (unpaired) electrons. The fourth-order valence-electron chi connectivity index (χ4n) is 1.73. The summed E-state index contributed by atoms with van der Waals surface area (Å²) in [5, 5.41) is 3.71. The molecule has 0 fully saturated rings. The van der Waals surface area contributed by atoms with E-state index in [1.165, 1.54) is 11.8 Å². The lowest BCUT2D eigenvalue weighted by Gasteiger charge is -2.15. The van der Waals surface area contributed by atoms with Crippen LogP contribution in [0.15, 0.2) is 36.5 Å². The first-order chi connectivity index (χ1) is 8.65. The number of nitrogens with one attached hydrogen (secondary N) is 1. The third-order valence-corrected chi connectivity index (χ3v) is 2.81. The molecular formula is C13H15ClN4. The summed E-state index contributed by atoms with van der Waals surface area (Å²) in [6.07, 6.45) is 2.39. The highest BCUT2D eigenvalue weighted by Gasteiger charge is 2.08. The van der Waals surface area contributed by atoms with Crippen molar-refractivity contribution in [1.82, 2.24) is 9.97 Å². The summed E-state index contributed by atoms with van der Waals surface area (Å²) in [4.78, 5) is 7.90. The number of nitrogens with two attached hydrogens (primary N) is 1. The monoisotopic (exact) mass is 262 g/mol. The molecule has 4 nitrogen and oxygen atoms in total. The van der Waals surface area contributed by atoms with Gasteiger partial charge < -0.3 is 11.1 Å². The van der Waals surface area contributed by atoms with Gasteiger partial charge in [0.15, 0.2) is 5.82 Å². The average molecular weight is 263 g/mol. The smallest absolute Gasteiger partial charge is 0.222 e. The van der Waals surface area contributed by atoms with Crippen LogP contribution in [-0.2, 0) is 6.42 Å². The minimum atomic E-state index is 0.208. The van der Waals surface area contributed by atoms with Gasteiger partial charge in [-0.15, -0.1) is 0 Å². The zero-order valence-corrected chi connectivity index (χ0v) is 10.9. The lowest BCUT2D eigenvalue weighted by atomic mass is 10.1. The predicted molar refractivity (Wildman–Crippen MR) is 74.7 cm³/mol. The van der Waals surface area contributed by atoms with Gasteiger partial charge in [0, 0.05) is 6.04 Å². The van der Waals surface area contributed by atoms with Crippen LogP contribution in [-0.4, -0.2) is 16.0 Å². The molecular weight excluding hydrogens is 248 g/mol. The number of rotatable bonds is 4. The van der Waals surface area contributed by atoms with E-state index in [2.05, 4.69) is 34.3 Å². The van der Waals surface area contributed by atoms with Crippen LogP contribution in [0.3, 0.4) is 0 Å². The van der Waals surface area contributed by atoms with Crippen molar-refractivity contribution in [3.05, 3.63) is 47.1 Å². The highest BCUT2D eigenvalue weighted by molar-refractivity contribution is 6.32. The highest BCUT2D eigenvalue weighted by atomic mass is 35.5.